The van der Waals surface area contributed by atoms with E-state index in [2.05, 4.69) is 22.6 Å². The Morgan fingerprint density at radius 1 is 1.57 bits per heavy atom. The molecule has 1 heterocycles. The fourth-order valence-corrected chi connectivity index (χ4v) is 1.63. The zero-order valence-electron chi connectivity index (χ0n) is 9.34. The average molecular weight is 199 g/mol. The molecule has 1 amide bonds. The summed E-state index contributed by atoms with van der Waals surface area (Å²) in [5.74, 6) is 0.110. The lowest BCUT2D eigenvalue weighted by molar-refractivity contribution is -0.120. The van der Waals surface area contributed by atoms with Crippen LogP contribution in [0.5, 0.6) is 0 Å². The highest BCUT2D eigenvalue weighted by Crippen LogP contribution is 2.05. The number of nitrogens with one attached hydrogen (secondary N) is 2. The van der Waals surface area contributed by atoms with Crippen LogP contribution in [0.25, 0.3) is 0 Å². The molecule has 1 aliphatic heterocycles. The molecule has 0 aromatic carbocycles. The molecule has 1 unspecified atom stereocenters. The Balaban J connectivity index is 2.14. The van der Waals surface area contributed by atoms with Gasteiger partial charge in [-0.1, -0.05) is 13.8 Å². The molecule has 1 rings (SSSR count). The third-order valence-electron chi connectivity index (χ3n) is 2.43. The SMILES string of the molecule is CC(C)NCC(=O)NC1CCN(C)C1. The summed E-state index contributed by atoms with van der Waals surface area (Å²) in [4.78, 5) is 13.7. The van der Waals surface area contributed by atoms with Crippen molar-refractivity contribution in [2.45, 2.75) is 32.4 Å². The van der Waals surface area contributed by atoms with Crippen LogP contribution in [0.4, 0.5) is 0 Å². The van der Waals surface area contributed by atoms with Gasteiger partial charge in [-0.05, 0) is 20.0 Å². The van der Waals surface area contributed by atoms with Gasteiger partial charge in [0.15, 0.2) is 0 Å². The minimum absolute atomic E-state index is 0.110. The molecule has 0 saturated carbocycles. The van der Waals surface area contributed by atoms with E-state index in [0.29, 0.717) is 18.6 Å². The first-order valence-corrected chi connectivity index (χ1v) is 5.29. The summed E-state index contributed by atoms with van der Waals surface area (Å²) in [7, 11) is 2.08. The molecule has 0 aliphatic carbocycles. The number of hydrogen-bond donors (Lipinski definition) is 2. The Kier molecular flexibility index (Phi) is 4.35. The van der Waals surface area contributed by atoms with Gasteiger partial charge in [-0.15, -0.1) is 0 Å². The number of carbonyl (C=O) groups is 1. The van der Waals surface area contributed by atoms with Gasteiger partial charge in [0, 0.05) is 18.6 Å². The molecule has 0 spiro atoms. The van der Waals surface area contributed by atoms with Crippen LogP contribution < -0.4 is 10.6 Å². The molecule has 0 aromatic rings. The van der Waals surface area contributed by atoms with Gasteiger partial charge in [-0.3, -0.25) is 4.79 Å². The molecule has 14 heavy (non-hydrogen) atoms. The van der Waals surface area contributed by atoms with Gasteiger partial charge in [0.2, 0.25) is 5.91 Å². The van der Waals surface area contributed by atoms with E-state index in [9.17, 15) is 4.79 Å². The minimum Gasteiger partial charge on any atom is -0.351 e. The second-order valence-corrected chi connectivity index (χ2v) is 4.35. The first-order valence-electron chi connectivity index (χ1n) is 5.29. The molecule has 4 nitrogen and oxygen atoms in total. The number of amides is 1. The van der Waals surface area contributed by atoms with E-state index in [1.807, 2.05) is 13.8 Å². The zero-order valence-corrected chi connectivity index (χ0v) is 9.34. The number of hydrogen-bond acceptors (Lipinski definition) is 3. The average Bonchev–Trinajstić information content (AvgIpc) is 2.48. The van der Waals surface area contributed by atoms with Gasteiger partial charge in [-0.2, -0.15) is 0 Å². The van der Waals surface area contributed by atoms with Crippen molar-refractivity contribution >= 4 is 5.91 Å². The first-order chi connectivity index (χ1) is 6.58. The quantitative estimate of drug-likeness (QED) is 0.659. The van der Waals surface area contributed by atoms with Gasteiger partial charge in [-0.25, -0.2) is 0 Å². The van der Waals surface area contributed by atoms with Gasteiger partial charge >= 0.3 is 0 Å². The minimum atomic E-state index is 0.110. The monoisotopic (exact) mass is 199 g/mol. The Morgan fingerprint density at radius 2 is 2.29 bits per heavy atom. The smallest absolute Gasteiger partial charge is 0.234 e. The van der Waals surface area contributed by atoms with Crippen LogP contribution in [0.2, 0.25) is 0 Å². The van der Waals surface area contributed by atoms with Crippen LogP contribution in [0.15, 0.2) is 0 Å². The fourth-order valence-electron chi connectivity index (χ4n) is 1.63. The molecular weight excluding hydrogens is 178 g/mol. The highest BCUT2D eigenvalue weighted by atomic mass is 16.2. The van der Waals surface area contributed by atoms with Crippen molar-refractivity contribution in [3.63, 3.8) is 0 Å². The molecule has 1 atom stereocenters. The molecule has 4 heteroatoms. The molecule has 0 radical (unpaired) electrons. The maximum absolute atomic E-state index is 11.4. The van der Waals surface area contributed by atoms with Crippen molar-refractivity contribution in [3.8, 4) is 0 Å². The van der Waals surface area contributed by atoms with Crippen molar-refractivity contribution < 1.29 is 4.79 Å². The van der Waals surface area contributed by atoms with Crippen LogP contribution in [0, 0.1) is 0 Å². The largest absolute Gasteiger partial charge is 0.351 e. The molecular formula is C10H21N3O. The van der Waals surface area contributed by atoms with E-state index < -0.39 is 0 Å². The van der Waals surface area contributed by atoms with Gasteiger partial charge in [0.05, 0.1) is 6.54 Å². The molecule has 0 bridgehead atoms. The maximum Gasteiger partial charge on any atom is 0.234 e. The lowest BCUT2D eigenvalue weighted by Crippen LogP contribution is -2.42. The Morgan fingerprint density at radius 3 is 2.79 bits per heavy atom. The van der Waals surface area contributed by atoms with Crippen LogP contribution in [-0.2, 0) is 4.79 Å². The third-order valence-corrected chi connectivity index (χ3v) is 2.43. The van der Waals surface area contributed by atoms with E-state index in [4.69, 9.17) is 0 Å². The number of likely N-dealkylation sites (N-methyl/N-ethyl adjacent to an activating group) is 1. The molecule has 1 aliphatic rings. The second-order valence-electron chi connectivity index (χ2n) is 4.35. The molecule has 0 aromatic heterocycles. The van der Waals surface area contributed by atoms with Crippen molar-refractivity contribution in [1.82, 2.24) is 15.5 Å². The summed E-state index contributed by atoms with van der Waals surface area (Å²) in [6.07, 6.45) is 1.07. The fraction of sp³-hybridized carbons (Fsp3) is 0.900. The molecule has 1 saturated heterocycles. The van der Waals surface area contributed by atoms with Crippen LogP contribution >= 0.6 is 0 Å². The first kappa shape index (κ1) is 11.5. The highest BCUT2D eigenvalue weighted by Gasteiger charge is 2.20. The number of nitrogens with zero attached hydrogens (tertiary/aromatic N) is 1. The van der Waals surface area contributed by atoms with Crippen molar-refractivity contribution in [3.05, 3.63) is 0 Å². The number of rotatable bonds is 4. The highest BCUT2D eigenvalue weighted by molar-refractivity contribution is 5.78. The van der Waals surface area contributed by atoms with Crippen LogP contribution in [0.1, 0.15) is 20.3 Å². The van der Waals surface area contributed by atoms with Crippen molar-refractivity contribution in [2.24, 2.45) is 0 Å². The maximum atomic E-state index is 11.4. The normalized spacial score (nSPS) is 23.0. The van der Waals surface area contributed by atoms with Crippen molar-refractivity contribution in [2.75, 3.05) is 26.7 Å². The van der Waals surface area contributed by atoms with Crippen molar-refractivity contribution in [1.29, 1.82) is 0 Å². The van der Waals surface area contributed by atoms with Gasteiger partial charge < -0.3 is 15.5 Å². The van der Waals surface area contributed by atoms with Crippen LogP contribution in [0.3, 0.4) is 0 Å². The second kappa shape index (κ2) is 5.32. The van der Waals surface area contributed by atoms with Gasteiger partial charge in [0.1, 0.15) is 0 Å². The summed E-state index contributed by atoms with van der Waals surface area (Å²) in [5, 5.41) is 6.13. The van der Waals surface area contributed by atoms with Gasteiger partial charge in [0.25, 0.3) is 0 Å². The Bertz CT molecular complexity index is 194. The lowest BCUT2D eigenvalue weighted by atomic mass is 10.2. The molecule has 2 N–H and O–H groups in total. The third kappa shape index (κ3) is 4.07. The van der Waals surface area contributed by atoms with E-state index in [1.54, 1.807) is 0 Å². The zero-order chi connectivity index (χ0) is 10.6. The summed E-state index contributed by atoms with van der Waals surface area (Å²) in [5.41, 5.74) is 0. The van der Waals surface area contributed by atoms with E-state index >= 15 is 0 Å². The van der Waals surface area contributed by atoms with Crippen LogP contribution in [-0.4, -0.2) is 49.6 Å². The standard InChI is InChI=1S/C10H21N3O/c1-8(2)11-6-10(14)12-9-4-5-13(3)7-9/h8-9,11H,4-7H2,1-3H3,(H,12,14). The predicted octanol–water partition coefficient (Wildman–Crippen LogP) is -0.195. The molecule has 82 valence electrons. The summed E-state index contributed by atoms with van der Waals surface area (Å²) in [6.45, 7) is 6.57. The summed E-state index contributed by atoms with van der Waals surface area (Å²) < 4.78 is 0. The topological polar surface area (TPSA) is 44.4 Å². The van der Waals surface area contributed by atoms with E-state index in [0.717, 1.165) is 19.5 Å². The van der Waals surface area contributed by atoms with E-state index in [-0.39, 0.29) is 5.91 Å². The Labute approximate surface area is 86.0 Å². The molecule has 1 fully saturated rings. The summed E-state index contributed by atoms with van der Waals surface area (Å²) in [6, 6.07) is 0.716. The number of likely N-dealkylation sites (tertiary alicyclic amines) is 1. The number of carbonyl (C=O) groups excluding carboxylic acids is 1. The predicted molar refractivity (Wildman–Crippen MR) is 57.2 cm³/mol. The Hall–Kier alpha value is -0.610. The summed E-state index contributed by atoms with van der Waals surface area (Å²) >= 11 is 0. The van der Waals surface area contributed by atoms with E-state index in [1.165, 1.54) is 0 Å². The lowest BCUT2D eigenvalue weighted by Gasteiger charge is -2.14.